The van der Waals surface area contributed by atoms with Gasteiger partial charge in [0, 0.05) is 12.6 Å². The molecule has 0 bridgehead atoms. The minimum atomic E-state index is -4.50. The van der Waals surface area contributed by atoms with Crippen molar-refractivity contribution in [2.45, 2.75) is 51.4 Å². The highest BCUT2D eigenvalue weighted by molar-refractivity contribution is 4.76. The van der Waals surface area contributed by atoms with Crippen molar-refractivity contribution in [1.82, 2.24) is 5.32 Å². The van der Waals surface area contributed by atoms with Crippen LogP contribution in [0.1, 0.15) is 39.0 Å². The first-order valence-electron chi connectivity index (χ1n) is 5.93. The Morgan fingerprint density at radius 2 is 1.88 bits per heavy atom. The molecule has 0 aliphatic heterocycles. The Morgan fingerprint density at radius 1 is 1.19 bits per heavy atom. The molecule has 0 saturated heterocycles. The Labute approximate surface area is 94.5 Å². The van der Waals surface area contributed by atoms with E-state index >= 15 is 0 Å². The van der Waals surface area contributed by atoms with E-state index in [9.17, 15) is 13.2 Å². The molecule has 1 saturated carbocycles. The lowest BCUT2D eigenvalue weighted by Crippen LogP contribution is -2.37. The first-order chi connectivity index (χ1) is 7.49. The van der Waals surface area contributed by atoms with E-state index in [1.165, 1.54) is 19.3 Å². The molecule has 5 heteroatoms. The van der Waals surface area contributed by atoms with Crippen LogP contribution in [0.4, 0.5) is 13.2 Å². The second-order valence-electron chi connectivity index (χ2n) is 4.47. The summed E-state index contributed by atoms with van der Waals surface area (Å²) in [6.07, 6.45) is 1.36. The highest BCUT2D eigenvalue weighted by Gasteiger charge is 2.28. The molecule has 1 aliphatic carbocycles. The Morgan fingerprint density at radius 3 is 2.56 bits per heavy atom. The third kappa shape index (κ3) is 5.70. The lowest BCUT2D eigenvalue weighted by molar-refractivity contribution is -0.323. The van der Waals surface area contributed by atoms with Crippen molar-refractivity contribution in [3.63, 3.8) is 0 Å². The van der Waals surface area contributed by atoms with Crippen LogP contribution in [0, 0.1) is 5.92 Å². The van der Waals surface area contributed by atoms with Crippen LogP contribution in [0.25, 0.3) is 0 Å². The smallest absolute Gasteiger partial charge is 0.311 e. The molecule has 1 fully saturated rings. The van der Waals surface area contributed by atoms with Crippen LogP contribution < -0.4 is 5.32 Å². The molecule has 1 N–H and O–H groups in total. The summed E-state index contributed by atoms with van der Waals surface area (Å²) in [6, 6.07) is 0.347. The van der Waals surface area contributed by atoms with Gasteiger partial charge in [-0.3, -0.25) is 4.74 Å². The van der Waals surface area contributed by atoms with Crippen molar-refractivity contribution >= 4 is 0 Å². The summed E-state index contributed by atoms with van der Waals surface area (Å²) in [4.78, 5) is 0. The molecule has 0 spiro atoms. The molecular weight excluding hydrogens is 219 g/mol. The third-order valence-corrected chi connectivity index (χ3v) is 3.14. The van der Waals surface area contributed by atoms with Crippen LogP contribution in [0.2, 0.25) is 0 Å². The van der Waals surface area contributed by atoms with Crippen molar-refractivity contribution in [3.05, 3.63) is 0 Å². The average Bonchev–Trinajstić information content (AvgIpc) is 2.37. The average molecular weight is 239 g/mol. The highest BCUT2D eigenvalue weighted by Crippen LogP contribution is 2.22. The molecule has 16 heavy (non-hydrogen) atoms. The van der Waals surface area contributed by atoms with Crippen molar-refractivity contribution in [2.75, 3.05) is 13.2 Å². The van der Waals surface area contributed by atoms with E-state index in [-0.39, 0.29) is 13.2 Å². The van der Waals surface area contributed by atoms with Crippen molar-refractivity contribution in [2.24, 2.45) is 5.92 Å². The van der Waals surface area contributed by atoms with Gasteiger partial charge in [0.25, 0.3) is 0 Å². The predicted molar refractivity (Wildman–Crippen MR) is 56.0 cm³/mol. The topological polar surface area (TPSA) is 21.3 Å². The summed E-state index contributed by atoms with van der Waals surface area (Å²) in [5.74, 6) is 0.549. The van der Waals surface area contributed by atoms with Crippen LogP contribution in [0.15, 0.2) is 0 Å². The van der Waals surface area contributed by atoms with Crippen molar-refractivity contribution in [1.29, 1.82) is 0 Å². The fraction of sp³-hybridized carbons (Fsp3) is 1.00. The first-order valence-corrected chi connectivity index (χ1v) is 5.93. The first kappa shape index (κ1) is 13.8. The lowest BCUT2D eigenvalue weighted by Gasteiger charge is -2.22. The van der Waals surface area contributed by atoms with Gasteiger partial charge in [0.1, 0.15) is 0 Å². The van der Waals surface area contributed by atoms with Gasteiger partial charge in [-0.05, 0) is 18.8 Å². The summed E-state index contributed by atoms with van der Waals surface area (Å²) >= 11 is 0. The van der Waals surface area contributed by atoms with Crippen LogP contribution in [0.5, 0.6) is 0 Å². The van der Waals surface area contributed by atoms with Crippen LogP contribution in [-0.2, 0) is 4.74 Å². The minimum Gasteiger partial charge on any atom is -0.311 e. The number of alkyl halides is 3. The van der Waals surface area contributed by atoms with Gasteiger partial charge in [0.2, 0.25) is 0 Å². The van der Waals surface area contributed by atoms with E-state index < -0.39 is 6.36 Å². The second-order valence-corrected chi connectivity index (χ2v) is 4.47. The fourth-order valence-corrected chi connectivity index (χ4v) is 2.21. The van der Waals surface area contributed by atoms with Gasteiger partial charge >= 0.3 is 6.36 Å². The Bertz CT molecular complexity index is 196. The number of nitrogens with one attached hydrogen (secondary N) is 1. The number of hydrogen-bond donors (Lipinski definition) is 1. The molecule has 1 rings (SSSR count). The molecule has 2 unspecified atom stereocenters. The largest absolute Gasteiger partial charge is 0.522 e. The SMILES string of the molecule is CC1CCCCCC1NCCOC(F)(F)F. The molecule has 96 valence electrons. The van der Waals surface area contributed by atoms with E-state index in [0.717, 1.165) is 12.8 Å². The maximum atomic E-state index is 11.7. The fourth-order valence-electron chi connectivity index (χ4n) is 2.21. The van der Waals surface area contributed by atoms with Crippen LogP contribution in [0.3, 0.4) is 0 Å². The zero-order chi connectivity index (χ0) is 12.0. The van der Waals surface area contributed by atoms with Crippen molar-refractivity contribution in [3.8, 4) is 0 Å². The third-order valence-electron chi connectivity index (χ3n) is 3.14. The van der Waals surface area contributed by atoms with E-state index in [1.807, 2.05) is 0 Å². The zero-order valence-corrected chi connectivity index (χ0v) is 9.65. The van der Waals surface area contributed by atoms with Gasteiger partial charge < -0.3 is 5.32 Å². The predicted octanol–water partition coefficient (Wildman–Crippen LogP) is 3.08. The molecule has 0 aromatic heterocycles. The lowest BCUT2D eigenvalue weighted by atomic mass is 9.97. The van der Waals surface area contributed by atoms with Gasteiger partial charge in [0.15, 0.2) is 0 Å². The summed E-state index contributed by atoms with van der Waals surface area (Å²) in [5, 5.41) is 3.16. The molecule has 0 aromatic rings. The Hall–Kier alpha value is -0.290. The zero-order valence-electron chi connectivity index (χ0n) is 9.65. The number of hydrogen-bond acceptors (Lipinski definition) is 2. The quantitative estimate of drug-likeness (QED) is 0.601. The molecule has 0 aromatic carbocycles. The summed E-state index contributed by atoms with van der Waals surface area (Å²) in [7, 11) is 0. The maximum absolute atomic E-state index is 11.7. The number of ether oxygens (including phenoxy) is 1. The molecule has 2 nitrogen and oxygen atoms in total. The number of rotatable bonds is 4. The van der Waals surface area contributed by atoms with Gasteiger partial charge in [-0.25, -0.2) is 0 Å². The Kier molecular flexibility index (Phi) is 5.55. The summed E-state index contributed by atoms with van der Waals surface area (Å²) < 4.78 is 38.9. The van der Waals surface area contributed by atoms with Gasteiger partial charge in [-0.2, -0.15) is 0 Å². The van der Waals surface area contributed by atoms with Gasteiger partial charge in [-0.15, -0.1) is 13.2 Å². The monoisotopic (exact) mass is 239 g/mol. The minimum absolute atomic E-state index is 0.272. The van der Waals surface area contributed by atoms with Gasteiger partial charge in [-0.1, -0.05) is 26.2 Å². The van der Waals surface area contributed by atoms with E-state index in [1.54, 1.807) is 0 Å². The molecule has 0 amide bonds. The van der Waals surface area contributed by atoms with E-state index in [0.29, 0.717) is 12.0 Å². The molecular formula is C11H20F3NO. The van der Waals surface area contributed by atoms with E-state index in [2.05, 4.69) is 17.0 Å². The molecule has 0 heterocycles. The molecule has 1 aliphatic rings. The summed E-state index contributed by atoms with van der Waals surface area (Å²) in [6.45, 7) is 2.13. The van der Waals surface area contributed by atoms with Crippen LogP contribution in [-0.4, -0.2) is 25.6 Å². The van der Waals surface area contributed by atoms with Crippen molar-refractivity contribution < 1.29 is 17.9 Å². The normalized spacial score (nSPS) is 27.8. The highest BCUT2D eigenvalue weighted by atomic mass is 19.4. The maximum Gasteiger partial charge on any atom is 0.522 e. The van der Waals surface area contributed by atoms with E-state index in [4.69, 9.17) is 0 Å². The molecule has 0 radical (unpaired) electrons. The molecule has 2 atom stereocenters. The standard InChI is InChI=1S/C11H20F3NO/c1-9-5-3-2-4-6-10(9)15-7-8-16-11(12,13)14/h9-10,15H,2-8H2,1H3. The summed E-state index contributed by atoms with van der Waals surface area (Å²) in [5.41, 5.74) is 0. The second kappa shape index (κ2) is 6.45. The van der Waals surface area contributed by atoms with Crippen LogP contribution >= 0.6 is 0 Å². The Balaban J connectivity index is 2.15. The number of halogens is 3. The van der Waals surface area contributed by atoms with Gasteiger partial charge in [0.05, 0.1) is 6.61 Å².